The molecule has 1 fully saturated rings. The smallest absolute Gasteiger partial charge is 0.445 e. The molecule has 1 heterocycles. The van der Waals surface area contributed by atoms with Crippen molar-refractivity contribution in [2.45, 2.75) is 25.4 Å². The van der Waals surface area contributed by atoms with E-state index in [1.54, 1.807) is 0 Å². The minimum atomic E-state index is -5.49. The SMILES string of the molecule is O=C(OC/C(F)=C(\F)C(F)(F)F)C(=O)N1CCCCC1. The first-order valence-corrected chi connectivity index (χ1v) is 5.81. The lowest BCUT2D eigenvalue weighted by molar-refractivity contribution is -0.160. The fraction of sp³-hybridized carbons (Fsp3) is 0.636. The van der Waals surface area contributed by atoms with E-state index < -0.39 is 36.3 Å². The fourth-order valence-corrected chi connectivity index (χ4v) is 1.63. The number of ether oxygens (including phenoxy) is 1. The summed E-state index contributed by atoms with van der Waals surface area (Å²) < 4.78 is 64.5. The van der Waals surface area contributed by atoms with Crippen molar-refractivity contribution in [3.8, 4) is 0 Å². The van der Waals surface area contributed by atoms with E-state index in [1.807, 2.05) is 0 Å². The average Bonchev–Trinajstić information content (AvgIpc) is 2.42. The van der Waals surface area contributed by atoms with E-state index >= 15 is 0 Å². The third kappa shape index (κ3) is 4.46. The molecule has 0 atom stereocenters. The second-order valence-corrected chi connectivity index (χ2v) is 4.15. The van der Waals surface area contributed by atoms with Gasteiger partial charge in [0.15, 0.2) is 5.83 Å². The van der Waals surface area contributed by atoms with Crippen LogP contribution in [0.2, 0.25) is 0 Å². The molecule has 0 aliphatic carbocycles. The highest BCUT2D eigenvalue weighted by atomic mass is 19.4. The Kier molecular flexibility index (Phi) is 5.46. The molecule has 0 radical (unpaired) electrons. The monoisotopic (exact) mass is 301 g/mol. The van der Waals surface area contributed by atoms with Crippen molar-refractivity contribution in [3.63, 3.8) is 0 Å². The number of amides is 1. The Morgan fingerprint density at radius 3 is 2.10 bits per heavy atom. The molecule has 1 saturated heterocycles. The third-order valence-corrected chi connectivity index (χ3v) is 2.63. The summed E-state index contributed by atoms with van der Waals surface area (Å²) in [6.45, 7) is -0.921. The number of carbonyl (C=O) groups is 2. The zero-order valence-electron chi connectivity index (χ0n) is 10.3. The number of esters is 1. The lowest BCUT2D eigenvalue weighted by atomic mass is 10.1. The molecular formula is C11H12F5NO3. The van der Waals surface area contributed by atoms with Gasteiger partial charge in [0, 0.05) is 13.1 Å². The molecule has 1 amide bonds. The van der Waals surface area contributed by atoms with Gasteiger partial charge in [-0.05, 0) is 19.3 Å². The molecule has 0 saturated carbocycles. The maximum absolute atomic E-state index is 12.7. The molecule has 0 spiro atoms. The highest BCUT2D eigenvalue weighted by molar-refractivity contribution is 6.32. The maximum Gasteiger partial charge on any atom is 0.445 e. The van der Waals surface area contributed by atoms with Gasteiger partial charge in [0.2, 0.25) is 5.83 Å². The number of hydrogen-bond acceptors (Lipinski definition) is 3. The van der Waals surface area contributed by atoms with E-state index in [9.17, 15) is 31.5 Å². The van der Waals surface area contributed by atoms with Crippen LogP contribution in [0, 0.1) is 0 Å². The van der Waals surface area contributed by atoms with Crippen molar-refractivity contribution in [3.05, 3.63) is 11.7 Å². The van der Waals surface area contributed by atoms with Crippen LogP contribution in [0.25, 0.3) is 0 Å². The fourth-order valence-electron chi connectivity index (χ4n) is 1.63. The minimum Gasteiger partial charge on any atom is -0.451 e. The predicted molar refractivity (Wildman–Crippen MR) is 56.7 cm³/mol. The zero-order chi connectivity index (χ0) is 15.3. The summed E-state index contributed by atoms with van der Waals surface area (Å²) in [5.74, 6) is -7.82. The first-order chi connectivity index (χ1) is 9.23. The summed E-state index contributed by atoms with van der Waals surface area (Å²) in [4.78, 5) is 23.8. The van der Waals surface area contributed by atoms with Crippen LogP contribution in [0.3, 0.4) is 0 Å². The van der Waals surface area contributed by atoms with E-state index in [2.05, 4.69) is 4.74 Å². The molecule has 114 valence electrons. The van der Waals surface area contributed by atoms with E-state index in [0.717, 1.165) is 11.3 Å². The first-order valence-electron chi connectivity index (χ1n) is 5.81. The van der Waals surface area contributed by atoms with Gasteiger partial charge in [-0.1, -0.05) is 0 Å². The van der Waals surface area contributed by atoms with Gasteiger partial charge in [-0.2, -0.15) is 17.6 Å². The maximum atomic E-state index is 12.7. The Balaban J connectivity index is 2.52. The molecule has 4 nitrogen and oxygen atoms in total. The third-order valence-electron chi connectivity index (χ3n) is 2.63. The van der Waals surface area contributed by atoms with Gasteiger partial charge >= 0.3 is 18.1 Å². The highest BCUT2D eigenvalue weighted by Gasteiger charge is 2.38. The number of alkyl halides is 3. The van der Waals surface area contributed by atoms with Gasteiger partial charge in [-0.3, -0.25) is 4.79 Å². The normalized spacial score (nSPS) is 17.6. The Bertz CT molecular complexity index is 413. The molecule has 0 aromatic heterocycles. The van der Waals surface area contributed by atoms with Gasteiger partial charge in [-0.25, -0.2) is 9.18 Å². The number of hydrogen-bond donors (Lipinski definition) is 0. The van der Waals surface area contributed by atoms with E-state index in [-0.39, 0.29) is 0 Å². The topological polar surface area (TPSA) is 46.6 Å². The van der Waals surface area contributed by atoms with Crippen molar-refractivity contribution < 1.29 is 36.3 Å². The lowest BCUT2D eigenvalue weighted by Gasteiger charge is -2.25. The summed E-state index contributed by atoms with van der Waals surface area (Å²) in [5, 5.41) is 0. The van der Waals surface area contributed by atoms with Gasteiger partial charge in [0.1, 0.15) is 6.61 Å². The number of nitrogens with zero attached hydrogens (tertiary/aromatic N) is 1. The van der Waals surface area contributed by atoms with Crippen LogP contribution in [-0.2, 0) is 14.3 Å². The number of allylic oxidation sites excluding steroid dienone is 1. The average molecular weight is 301 g/mol. The molecule has 1 aliphatic rings. The Morgan fingerprint density at radius 1 is 1.05 bits per heavy atom. The van der Waals surface area contributed by atoms with Gasteiger partial charge < -0.3 is 9.64 Å². The zero-order valence-corrected chi connectivity index (χ0v) is 10.3. The predicted octanol–water partition coefficient (Wildman–Crippen LogP) is 2.25. The van der Waals surface area contributed by atoms with E-state index in [1.165, 1.54) is 0 Å². The van der Waals surface area contributed by atoms with E-state index in [0.29, 0.717) is 25.9 Å². The van der Waals surface area contributed by atoms with Crippen LogP contribution in [-0.4, -0.2) is 42.6 Å². The number of rotatable bonds is 2. The van der Waals surface area contributed by atoms with Crippen LogP contribution in [0.1, 0.15) is 19.3 Å². The van der Waals surface area contributed by atoms with E-state index in [4.69, 9.17) is 0 Å². The van der Waals surface area contributed by atoms with Crippen LogP contribution in [0.5, 0.6) is 0 Å². The number of piperidine rings is 1. The summed E-state index contributed by atoms with van der Waals surface area (Å²) in [6, 6.07) is 0. The Hall–Kier alpha value is -1.67. The quantitative estimate of drug-likeness (QED) is 0.446. The molecule has 1 rings (SSSR count). The Labute approximate surface area is 111 Å². The number of likely N-dealkylation sites (tertiary alicyclic amines) is 1. The second kappa shape index (κ2) is 6.67. The van der Waals surface area contributed by atoms with Crippen molar-refractivity contribution in [2.75, 3.05) is 19.7 Å². The molecule has 1 aliphatic heterocycles. The summed E-state index contributed by atoms with van der Waals surface area (Å²) in [7, 11) is 0. The summed E-state index contributed by atoms with van der Waals surface area (Å²) >= 11 is 0. The molecule has 0 aromatic carbocycles. The van der Waals surface area contributed by atoms with Crippen molar-refractivity contribution in [1.82, 2.24) is 4.90 Å². The molecule has 20 heavy (non-hydrogen) atoms. The summed E-state index contributed by atoms with van der Waals surface area (Å²) in [5.41, 5.74) is 0. The van der Waals surface area contributed by atoms with Crippen LogP contribution >= 0.6 is 0 Å². The molecule has 0 aromatic rings. The first kappa shape index (κ1) is 16.4. The van der Waals surface area contributed by atoms with Crippen molar-refractivity contribution in [2.24, 2.45) is 0 Å². The van der Waals surface area contributed by atoms with Crippen molar-refractivity contribution >= 4 is 11.9 Å². The summed E-state index contributed by atoms with van der Waals surface area (Å²) in [6.07, 6.45) is -3.22. The molecule has 0 unspecified atom stereocenters. The standard InChI is InChI=1S/C11H12F5NO3/c12-7(8(13)11(14,15)16)6-20-10(19)9(18)17-4-2-1-3-5-17/h1-6H2/b8-7+. The van der Waals surface area contributed by atoms with Crippen molar-refractivity contribution in [1.29, 1.82) is 0 Å². The molecule has 0 N–H and O–H groups in total. The van der Waals surface area contributed by atoms with Crippen LogP contribution in [0.4, 0.5) is 22.0 Å². The number of halogens is 5. The van der Waals surface area contributed by atoms with Gasteiger partial charge in [0.25, 0.3) is 0 Å². The van der Waals surface area contributed by atoms with Crippen LogP contribution in [0.15, 0.2) is 11.7 Å². The highest BCUT2D eigenvalue weighted by Crippen LogP contribution is 2.29. The van der Waals surface area contributed by atoms with Crippen LogP contribution < -0.4 is 0 Å². The number of carbonyl (C=O) groups excluding carboxylic acids is 2. The lowest BCUT2D eigenvalue weighted by Crippen LogP contribution is -2.41. The molecule has 9 heteroatoms. The largest absolute Gasteiger partial charge is 0.451 e. The molecule has 0 bridgehead atoms. The molecular weight excluding hydrogens is 289 g/mol. The van der Waals surface area contributed by atoms with Gasteiger partial charge in [0.05, 0.1) is 0 Å². The second-order valence-electron chi connectivity index (χ2n) is 4.15. The minimum absolute atomic E-state index is 0.323. The van der Waals surface area contributed by atoms with Gasteiger partial charge in [-0.15, -0.1) is 0 Å². The Morgan fingerprint density at radius 2 is 1.60 bits per heavy atom.